The molecule has 5 nitrogen and oxygen atoms in total. The van der Waals surface area contributed by atoms with Crippen molar-refractivity contribution in [1.82, 2.24) is 0 Å². The van der Waals surface area contributed by atoms with Gasteiger partial charge in [0.25, 0.3) is 5.91 Å². The summed E-state index contributed by atoms with van der Waals surface area (Å²) in [6.07, 6.45) is 0.806. The Morgan fingerprint density at radius 2 is 1.69 bits per heavy atom. The van der Waals surface area contributed by atoms with Crippen LogP contribution in [0.25, 0.3) is 0 Å². The first kappa shape index (κ1) is 19.5. The number of esters is 1. The van der Waals surface area contributed by atoms with Crippen LogP contribution in [0.1, 0.15) is 54.8 Å². The van der Waals surface area contributed by atoms with Crippen LogP contribution in [0.15, 0.2) is 48.5 Å². The topological polar surface area (TPSA) is 64.6 Å². The number of hydrogen-bond acceptors (Lipinski definition) is 4. The van der Waals surface area contributed by atoms with Gasteiger partial charge in [-0.3, -0.25) is 4.79 Å². The van der Waals surface area contributed by atoms with Crippen LogP contribution in [0.2, 0.25) is 0 Å². The standard InChI is InChI=1S/C21H25NO4/c1-5-15(4)26-19-8-6-7-17(13-19)20(23)22-18-11-9-16(10-12-18)21(24)25-14(2)3/h6-15H,5H2,1-4H3,(H,22,23)/t15-/m1/s1. The Balaban J connectivity index is 2.03. The zero-order valence-electron chi connectivity index (χ0n) is 15.6. The number of benzene rings is 2. The van der Waals surface area contributed by atoms with Gasteiger partial charge in [0, 0.05) is 11.3 Å². The van der Waals surface area contributed by atoms with E-state index in [0.717, 1.165) is 6.42 Å². The Bertz CT molecular complexity index is 753. The van der Waals surface area contributed by atoms with Crippen molar-refractivity contribution in [1.29, 1.82) is 0 Å². The third kappa shape index (κ3) is 5.62. The van der Waals surface area contributed by atoms with Crippen molar-refractivity contribution in [2.75, 3.05) is 5.32 Å². The zero-order chi connectivity index (χ0) is 19.1. The van der Waals surface area contributed by atoms with Crippen molar-refractivity contribution in [2.45, 2.75) is 46.3 Å². The van der Waals surface area contributed by atoms with Crippen molar-refractivity contribution < 1.29 is 19.1 Å². The molecular formula is C21H25NO4. The first-order valence-corrected chi connectivity index (χ1v) is 8.78. The number of nitrogens with one attached hydrogen (secondary N) is 1. The van der Waals surface area contributed by atoms with Crippen molar-refractivity contribution in [2.24, 2.45) is 0 Å². The largest absolute Gasteiger partial charge is 0.491 e. The lowest BCUT2D eigenvalue weighted by Crippen LogP contribution is -2.14. The van der Waals surface area contributed by atoms with Crippen molar-refractivity contribution >= 4 is 17.6 Å². The number of rotatable bonds is 7. The Kier molecular flexibility index (Phi) is 6.78. The van der Waals surface area contributed by atoms with Gasteiger partial charge in [0.05, 0.1) is 17.8 Å². The highest BCUT2D eigenvalue weighted by molar-refractivity contribution is 6.04. The Labute approximate surface area is 154 Å². The van der Waals surface area contributed by atoms with Gasteiger partial charge in [-0.25, -0.2) is 4.79 Å². The molecule has 1 amide bonds. The minimum Gasteiger partial charge on any atom is -0.491 e. The van der Waals surface area contributed by atoms with Gasteiger partial charge < -0.3 is 14.8 Å². The summed E-state index contributed by atoms with van der Waals surface area (Å²) < 4.78 is 10.9. The van der Waals surface area contributed by atoms with Crippen LogP contribution in [0.4, 0.5) is 5.69 Å². The van der Waals surface area contributed by atoms with Crippen LogP contribution in [-0.4, -0.2) is 24.1 Å². The maximum absolute atomic E-state index is 12.4. The quantitative estimate of drug-likeness (QED) is 0.732. The normalized spacial score (nSPS) is 11.7. The molecule has 5 heteroatoms. The molecule has 1 N–H and O–H groups in total. The summed E-state index contributed by atoms with van der Waals surface area (Å²) in [6.45, 7) is 7.62. The number of amides is 1. The highest BCUT2D eigenvalue weighted by atomic mass is 16.5. The third-order valence-corrected chi connectivity index (χ3v) is 3.73. The molecule has 0 unspecified atom stereocenters. The molecule has 0 fully saturated rings. The smallest absolute Gasteiger partial charge is 0.338 e. The number of carbonyl (C=O) groups excluding carboxylic acids is 2. The minimum atomic E-state index is -0.382. The Hall–Kier alpha value is -2.82. The fraction of sp³-hybridized carbons (Fsp3) is 0.333. The average Bonchev–Trinajstić information content (AvgIpc) is 2.61. The van der Waals surface area contributed by atoms with E-state index in [9.17, 15) is 9.59 Å². The summed E-state index contributed by atoms with van der Waals surface area (Å²) in [5, 5.41) is 2.81. The van der Waals surface area contributed by atoms with E-state index in [4.69, 9.17) is 9.47 Å². The lowest BCUT2D eigenvalue weighted by Gasteiger charge is -2.13. The molecule has 0 aliphatic carbocycles. The molecule has 0 saturated heterocycles. The monoisotopic (exact) mass is 355 g/mol. The molecule has 0 saturated carbocycles. The predicted octanol–water partition coefficient (Wildman–Crippen LogP) is 4.68. The molecule has 2 aromatic carbocycles. The molecule has 26 heavy (non-hydrogen) atoms. The second-order valence-electron chi connectivity index (χ2n) is 6.35. The maximum atomic E-state index is 12.4. The fourth-order valence-corrected chi connectivity index (χ4v) is 2.20. The number of hydrogen-bond donors (Lipinski definition) is 1. The van der Waals surface area contributed by atoms with Crippen molar-refractivity contribution in [3.05, 3.63) is 59.7 Å². The molecule has 0 spiro atoms. The van der Waals surface area contributed by atoms with Crippen LogP contribution in [-0.2, 0) is 4.74 Å². The highest BCUT2D eigenvalue weighted by Gasteiger charge is 2.11. The summed E-state index contributed by atoms with van der Waals surface area (Å²) in [6, 6.07) is 13.7. The van der Waals surface area contributed by atoms with E-state index < -0.39 is 0 Å². The molecule has 0 aliphatic rings. The van der Waals surface area contributed by atoms with Crippen LogP contribution >= 0.6 is 0 Å². The van der Waals surface area contributed by atoms with Crippen molar-refractivity contribution in [3.8, 4) is 5.75 Å². The van der Waals surface area contributed by atoms with Crippen LogP contribution in [0, 0.1) is 0 Å². The molecule has 138 valence electrons. The van der Waals surface area contributed by atoms with Gasteiger partial charge in [0.2, 0.25) is 0 Å². The highest BCUT2D eigenvalue weighted by Crippen LogP contribution is 2.18. The van der Waals surface area contributed by atoms with Crippen LogP contribution < -0.4 is 10.1 Å². The van der Waals surface area contributed by atoms with Gasteiger partial charge in [-0.15, -0.1) is 0 Å². The van der Waals surface area contributed by atoms with Gasteiger partial charge in [0.1, 0.15) is 5.75 Å². The fourth-order valence-electron chi connectivity index (χ4n) is 2.20. The summed E-state index contributed by atoms with van der Waals surface area (Å²) in [5.74, 6) is 0.0451. The molecular weight excluding hydrogens is 330 g/mol. The predicted molar refractivity (Wildman–Crippen MR) is 102 cm³/mol. The van der Waals surface area contributed by atoms with Gasteiger partial charge >= 0.3 is 5.97 Å². The lowest BCUT2D eigenvalue weighted by molar-refractivity contribution is 0.0378. The SMILES string of the molecule is CC[C@@H](C)Oc1cccc(C(=O)Nc2ccc(C(=O)OC(C)C)cc2)c1. The van der Waals surface area contributed by atoms with Gasteiger partial charge in [-0.1, -0.05) is 13.0 Å². The molecule has 0 radical (unpaired) electrons. The lowest BCUT2D eigenvalue weighted by atomic mass is 10.1. The van der Waals surface area contributed by atoms with Crippen LogP contribution in [0.3, 0.4) is 0 Å². The molecule has 0 bridgehead atoms. The summed E-state index contributed by atoms with van der Waals surface area (Å²) in [7, 11) is 0. The van der Waals surface area contributed by atoms with E-state index in [1.165, 1.54) is 0 Å². The van der Waals surface area contributed by atoms with Gasteiger partial charge in [0.15, 0.2) is 0 Å². The van der Waals surface area contributed by atoms with Gasteiger partial charge in [-0.2, -0.15) is 0 Å². The second-order valence-corrected chi connectivity index (χ2v) is 6.35. The van der Waals surface area contributed by atoms with E-state index >= 15 is 0 Å². The van der Waals surface area contributed by atoms with E-state index in [1.807, 2.05) is 19.9 Å². The first-order valence-electron chi connectivity index (χ1n) is 8.78. The third-order valence-electron chi connectivity index (χ3n) is 3.73. The van der Waals surface area contributed by atoms with Gasteiger partial charge in [-0.05, 0) is 69.7 Å². The first-order chi connectivity index (χ1) is 12.4. The molecule has 2 aromatic rings. The number of carbonyl (C=O) groups is 2. The zero-order valence-corrected chi connectivity index (χ0v) is 15.6. The molecule has 1 atom stereocenters. The Morgan fingerprint density at radius 3 is 2.31 bits per heavy atom. The van der Waals surface area contributed by atoms with Crippen molar-refractivity contribution in [3.63, 3.8) is 0 Å². The molecule has 0 aliphatic heterocycles. The van der Waals surface area contributed by atoms with E-state index in [-0.39, 0.29) is 24.1 Å². The number of anilines is 1. The maximum Gasteiger partial charge on any atom is 0.338 e. The second kappa shape index (κ2) is 9.04. The van der Waals surface area contributed by atoms with E-state index in [1.54, 1.807) is 56.3 Å². The molecule has 0 heterocycles. The Morgan fingerprint density at radius 1 is 1.00 bits per heavy atom. The summed E-state index contributed by atoms with van der Waals surface area (Å²) >= 11 is 0. The van der Waals surface area contributed by atoms with E-state index in [2.05, 4.69) is 5.32 Å². The minimum absolute atomic E-state index is 0.0893. The average molecular weight is 355 g/mol. The van der Waals surface area contributed by atoms with E-state index in [0.29, 0.717) is 22.6 Å². The summed E-state index contributed by atoms with van der Waals surface area (Å²) in [5.41, 5.74) is 1.55. The molecule has 0 aromatic heterocycles. The number of ether oxygens (including phenoxy) is 2. The summed E-state index contributed by atoms with van der Waals surface area (Å²) in [4.78, 5) is 24.3. The van der Waals surface area contributed by atoms with Crippen LogP contribution in [0.5, 0.6) is 5.75 Å². The molecule has 2 rings (SSSR count).